The van der Waals surface area contributed by atoms with Crippen LogP contribution in [0.4, 0.5) is 5.69 Å². The zero-order valence-corrected chi connectivity index (χ0v) is 13.6. The smallest absolute Gasteiger partial charge is 0.0318 e. The molecule has 3 nitrogen and oxygen atoms in total. The Morgan fingerprint density at radius 1 is 1.15 bits per heavy atom. The zero-order valence-electron chi connectivity index (χ0n) is 12.0. The summed E-state index contributed by atoms with van der Waals surface area (Å²) in [6.45, 7) is 6.04. The van der Waals surface area contributed by atoms with Crippen LogP contribution in [0.2, 0.25) is 0 Å². The van der Waals surface area contributed by atoms with Crippen molar-refractivity contribution in [2.45, 2.75) is 38.3 Å². The van der Waals surface area contributed by atoms with E-state index in [1.54, 1.807) is 0 Å². The van der Waals surface area contributed by atoms with Crippen LogP contribution in [0.1, 0.15) is 31.2 Å². The number of nitrogens with zero attached hydrogens (tertiary/aromatic N) is 2. The summed E-state index contributed by atoms with van der Waals surface area (Å²) in [6, 6.07) is 6.88. The fourth-order valence-electron chi connectivity index (χ4n) is 3.49. The molecule has 3 rings (SSSR count). The SMILES string of the molecule is Nc1ccc(Br)c(CN2CCC(N3CCCCC3)C2)c1. The van der Waals surface area contributed by atoms with E-state index in [1.807, 2.05) is 6.07 Å². The largest absolute Gasteiger partial charge is 0.399 e. The molecule has 110 valence electrons. The van der Waals surface area contributed by atoms with Gasteiger partial charge in [-0.05, 0) is 56.1 Å². The van der Waals surface area contributed by atoms with Crippen LogP contribution in [0.15, 0.2) is 22.7 Å². The minimum Gasteiger partial charge on any atom is -0.399 e. The van der Waals surface area contributed by atoms with Crippen molar-refractivity contribution in [1.82, 2.24) is 9.80 Å². The molecule has 0 amide bonds. The molecule has 2 heterocycles. The molecular weight excluding hydrogens is 314 g/mol. The number of anilines is 1. The highest BCUT2D eigenvalue weighted by atomic mass is 79.9. The predicted molar refractivity (Wildman–Crippen MR) is 87.7 cm³/mol. The number of nitrogen functional groups attached to an aromatic ring is 1. The second-order valence-corrected chi connectivity index (χ2v) is 6.98. The molecule has 0 radical (unpaired) electrons. The minimum atomic E-state index is 0.773. The Kier molecular flexibility index (Phi) is 4.64. The molecule has 4 heteroatoms. The molecule has 1 aromatic rings. The van der Waals surface area contributed by atoms with Crippen LogP contribution in [0.3, 0.4) is 0 Å². The Balaban J connectivity index is 1.58. The monoisotopic (exact) mass is 337 g/mol. The van der Waals surface area contributed by atoms with Crippen LogP contribution in [0.25, 0.3) is 0 Å². The van der Waals surface area contributed by atoms with Crippen LogP contribution >= 0.6 is 15.9 Å². The molecule has 0 aliphatic carbocycles. The summed E-state index contributed by atoms with van der Waals surface area (Å²) < 4.78 is 1.17. The fourth-order valence-corrected chi connectivity index (χ4v) is 3.87. The molecular formula is C16H24BrN3. The Morgan fingerprint density at radius 3 is 2.75 bits per heavy atom. The normalized spacial score (nSPS) is 25.1. The lowest BCUT2D eigenvalue weighted by atomic mass is 10.1. The van der Waals surface area contributed by atoms with Crippen molar-refractivity contribution in [2.24, 2.45) is 0 Å². The van der Waals surface area contributed by atoms with Gasteiger partial charge in [-0.2, -0.15) is 0 Å². The van der Waals surface area contributed by atoms with Crippen molar-refractivity contribution in [1.29, 1.82) is 0 Å². The first-order valence-electron chi connectivity index (χ1n) is 7.73. The summed E-state index contributed by atoms with van der Waals surface area (Å²) in [5, 5.41) is 0. The number of hydrogen-bond acceptors (Lipinski definition) is 3. The topological polar surface area (TPSA) is 32.5 Å². The Morgan fingerprint density at radius 2 is 1.95 bits per heavy atom. The van der Waals surface area contributed by atoms with Crippen molar-refractivity contribution in [3.05, 3.63) is 28.2 Å². The summed E-state index contributed by atoms with van der Waals surface area (Å²) in [4.78, 5) is 5.27. The van der Waals surface area contributed by atoms with Gasteiger partial charge in [-0.15, -0.1) is 0 Å². The molecule has 2 fully saturated rings. The molecule has 2 saturated heterocycles. The van der Waals surface area contributed by atoms with Crippen LogP contribution in [0.5, 0.6) is 0 Å². The molecule has 0 aromatic heterocycles. The Bertz CT molecular complexity index is 457. The third-order valence-electron chi connectivity index (χ3n) is 4.62. The molecule has 0 bridgehead atoms. The maximum Gasteiger partial charge on any atom is 0.0318 e. The number of benzene rings is 1. The van der Waals surface area contributed by atoms with E-state index < -0.39 is 0 Å². The number of halogens is 1. The van der Waals surface area contributed by atoms with Crippen molar-refractivity contribution >= 4 is 21.6 Å². The van der Waals surface area contributed by atoms with E-state index >= 15 is 0 Å². The van der Waals surface area contributed by atoms with Gasteiger partial charge < -0.3 is 5.73 Å². The van der Waals surface area contributed by atoms with E-state index in [0.29, 0.717) is 0 Å². The van der Waals surface area contributed by atoms with E-state index in [2.05, 4.69) is 37.9 Å². The average molecular weight is 338 g/mol. The molecule has 2 N–H and O–H groups in total. The lowest BCUT2D eigenvalue weighted by molar-refractivity contribution is 0.161. The molecule has 2 aliphatic heterocycles. The Hall–Kier alpha value is -0.580. The van der Waals surface area contributed by atoms with Gasteiger partial charge in [-0.1, -0.05) is 22.4 Å². The first kappa shape index (κ1) is 14.4. The summed E-state index contributed by atoms with van der Waals surface area (Å²) in [5.41, 5.74) is 8.06. The van der Waals surface area contributed by atoms with Crippen molar-refractivity contribution in [3.8, 4) is 0 Å². The molecule has 20 heavy (non-hydrogen) atoms. The highest BCUT2D eigenvalue weighted by Gasteiger charge is 2.28. The van der Waals surface area contributed by atoms with E-state index in [9.17, 15) is 0 Å². The highest BCUT2D eigenvalue weighted by Crippen LogP contribution is 2.25. The standard InChI is InChI=1S/C16H24BrN3/c17-16-5-4-14(18)10-13(16)11-19-9-6-15(12-19)20-7-2-1-3-8-20/h4-5,10,15H,1-3,6-9,11-12,18H2. The van der Waals surface area contributed by atoms with Gasteiger partial charge in [0, 0.05) is 35.8 Å². The first-order valence-corrected chi connectivity index (χ1v) is 8.52. The minimum absolute atomic E-state index is 0.773. The lowest BCUT2D eigenvalue weighted by Crippen LogP contribution is -2.40. The number of piperidine rings is 1. The van der Waals surface area contributed by atoms with Gasteiger partial charge in [0.25, 0.3) is 0 Å². The molecule has 1 atom stereocenters. The van der Waals surface area contributed by atoms with E-state index in [-0.39, 0.29) is 0 Å². The number of nitrogens with two attached hydrogens (primary N) is 1. The van der Waals surface area contributed by atoms with Crippen molar-refractivity contribution < 1.29 is 0 Å². The molecule has 0 spiro atoms. The maximum atomic E-state index is 5.90. The summed E-state index contributed by atoms with van der Waals surface area (Å²) in [5.74, 6) is 0. The van der Waals surface area contributed by atoms with E-state index in [4.69, 9.17) is 5.73 Å². The summed E-state index contributed by atoms with van der Waals surface area (Å²) in [6.07, 6.45) is 5.51. The van der Waals surface area contributed by atoms with Gasteiger partial charge in [0.05, 0.1) is 0 Å². The molecule has 1 unspecified atom stereocenters. The highest BCUT2D eigenvalue weighted by molar-refractivity contribution is 9.10. The summed E-state index contributed by atoms with van der Waals surface area (Å²) in [7, 11) is 0. The molecule has 2 aliphatic rings. The zero-order chi connectivity index (χ0) is 13.9. The third-order valence-corrected chi connectivity index (χ3v) is 5.39. The van der Waals surface area contributed by atoms with E-state index in [1.165, 1.54) is 61.9 Å². The van der Waals surface area contributed by atoms with E-state index in [0.717, 1.165) is 18.3 Å². The van der Waals surface area contributed by atoms with Gasteiger partial charge in [0.15, 0.2) is 0 Å². The molecule has 0 saturated carbocycles. The first-order chi connectivity index (χ1) is 9.72. The lowest BCUT2D eigenvalue weighted by Gasteiger charge is -2.32. The quantitative estimate of drug-likeness (QED) is 0.860. The predicted octanol–water partition coefficient (Wildman–Crippen LogP) is 3.09. The average Bonchev–Trinajstić information content (AvgIpc) is 2.92. The van der Waals surface area contributed by atoms with Crippen molar-refractivity contribution in [3.63, 3.8) is 0 Å². The van der Waals surface area contributed by atoms with Crippen LogP contribution in [-0.2, 0) is 6.54 Å². The van der Waals surface area contributed by atoms with Crippen LogP contribution in [-0.4, -0.2) is 42.0 Å². The number of rotatable bonds is 3. The molecule has 1 aromatic carbocycles. The van der Waals surface area contributed by atoms with Crippen LogP contribution < -0.4 is 5.73 Å². The second kappa shape index (κ2) is 6.46. The number of likely N-dealkylation sites (tertiary alicyclic amines) is 2. The number of hydrogen-bond donors (Lipinski definition) is 1. The van der Waals surface area contributed by atoms with Crippen molar-refractivity contribution in [2.75, 3.05) is 31.9 Å². The van der Waals surface area contributed by atoms with Crippen LogP contribution in [0, 0.1) is 0 Å². The fraction of sp³-hybridized carbons (Fsp3) is 0.625. The van der Waals surface area contributed by atoms with Gasteiger partial charge in [-0.3, -0.25) is 9.80 Å². The maximum absolute atomic E-state index is 5.90. The van der Waals surface area contributed by atoms with Gasteiger partial charge in [0.2, 0.25) is 0 Å². The van der Waals surface area contributed by atoms with Gasteiger partial charge >= 0.3 is 0 Å². The summed E-state index contributed by atoms with van der Waals surface area (Å²) >= 11 is 3.64. The Labute approximate surface area is 130 Å². The van der Waals surface area contributed by atoms with Gasteiger partial charge in [0.1, 0.15) is 0 Å². The second-order valence-electron chi connectivity index (χ2n) is 6.13. The third kappa shape index (κ3) is 3.35. The van der Waals surface area contributed by atoms with Gasteiger partial charge in [-0.25, -0.2) is 0 Å².